The van der Waals surface area contributed by atoms with Crippen LogP contribution in [0, 0.1) is 0 Å². The Hall–Kier alpha value is -1.65. The lowest BCUT2D eigenvalue weighted by Crippen LogP contribution is -2.01. The minimum absolute atomic E-state index is 0.681. The predicted octanol–water partition coefficient (Wildman–Crippen LogP) is 0.0599. The van der Waals surface area contributed by atoms with E-state index in [-0.39, 0.29) is 0 Å². The van der Waals surface area contributed by atoms with Gasteiger partial charge in [-0.15, -0.1) is 0 Å². The van der Waals surface area contributed by atoms with Gasteiger partial charge in [0.1, 0.15) is 5.69 Å². The maximum absolute atomic E-state index is 4.13. The molecule has 5 nitrogen and oxygen atoms in total. The van der Waals surface area contributed by atoms with Gasteiger partial charge in [0, 0.05) is 19.4 Å². The third kappa shape index (κ3) is 1.34. The van der Waals surface area contributed by atoms with Crippen LogP contribution in [0.5, 0.6) is 0 Å². The van der Waals surface area contributed by atoms with E-state index in [1.54, 1.807) is 24.2 Å². The normalized spacial score (nSPS) is 10.4. The van der Waals surface area contributed by atoms with E-state index in [2.05, 4.69) is 15.3 Å². The highest BCUT2D eigenvalue weighted by Gasteiger charge is 1.98. The van der Waals surface area contributed by atoms with Crippen molar-refractivity contribution in [3.63, 3.8) is 0 Å². The Morgan fingerprint density at radius 1 is 1.42 bits per heavy atom. The van der Waals surface area contributed by atoms with Crippen LogP contribution in [-0.4, -0.2) is 24.8 Å². The van der Waals surface area contributed by atoms with Gasteiger partial charge in [-0.1, -0.05) is 0 Å². The summed E-state index contributed by atoms with van der Waals surface area (Å²) in [4.78, 5) is 1.54. The van der Waals surface area contributed by atoms with Crippen LogP contribution in [0.3, 0.4) is 0 Å². The van der Waals surface area contributed by atoms with E-state index >= 15 is 0 Å². The van der Waals surface area contributed by atoms with Gasteiger partial charge in [0.15, 0.2) is 0 Å². The van der Waals surface area contributed by atoms with Crippen molar-refractivity contribution in [2.24, 2.45) is 7.05 Å². The summed E-state index contributed by atoms with van der Waals surface area (Å²) in [7, 11) is 1.80. The Bertz CT molecular complexity index is 348. The Morgan fingerprint density at radius 3 is 2.92 bits per heavy atom. The van der Waals surface area contributed by atoms with Crippen LogP contribution in [0.4, 0.5) is 0 Å². The monoisotopic (exact) mass is 163 g/mol. The third-order valence-corrected chi connectivity index (χ3v) is 1.53. The SMILES string of the molecule is Cn1ncc(Cn2cccn2)n1. The second-order valence-electron chi connectivity index (χ2n) is 2.53. The van der Waals surface area contributed by atoms with Gasteiger partial charge in [0.25, 0.3) is 0 Å². The molecule has 0 unspecified atom stereocenters. The van der Waals surface area contributed by atoms with Gasteiger partial charge in [0.2, 0.25) is 0 Å². The van der Waals surface area contributed by atoms with Gasteiger partial charge in [-0.25, -0.2) is 0 Å². The van der Waals surface area contributed by atoms with E-state index in [0.717, 1.165) is 5.69 Å². The minimum atomic E-state index is 0.681. The number of hydrogen-bond acceptors (Lipinski definition) is 3. The van der Waals surface area contributed by atoms with Crippen LogP contribution in [-0.2, 0) is 13.6 Å². The van der Waals surface area contributed by atoms with Crippen LogP contribution in [0.2, 0.25) is 0 Å². The van der Waals surface area contributed by atoms with Crippen molar-refractivity contribution in [3.8, 4) is 0 Å². The summed E-state index contributed by atoms with van der Waals surface area (Å²) in [5, 5.41) is 12.2. The van der Waals surface area contributed by atoms with Crippen LogP contribution >= 0.6 is 0 Å². The lowest BCUT2D eigenvalue weighted by atomic mass is 10.5. The van der Waals surface area contributed by atoms with Crippen LogP contribution in [0.25, 0.3) is 0 Å². The van der Waals surface area contributed by atoms with Gasteiger partial charge in [-0.05, 0) is 6.07 Å². The zero-order chi connectivity index (χ0) is 8.39. The van der Waals surface area contributed by atoms with Crippen LogP contribution in [0.1, 0.15) is 5.69 Å². The molecule has 0 aromatic carbocycles. The average Bonchev–Trinajstić information content (AvgIpc) is 2.63. The summed E-state index contributed by atoms with van der Waals surface area (Å²) in [6.45, 7) is 0.681. The molecule has 2 rings (SSSR count). The number of nitrogens with zero attached hydrogens (tertiary/aromatic N) is 5. The Labute approximate surface area is 69.6 Å². The maximum Gasteiger partial charge on any atom is 0.104 e. The molecule has 2 aromatic rings. The van der Waals surface area contributed by atoms with Gasteiger partial charge < -0.3 is 0 Å². The topological polar surface area (TPSA) is 48.5 Å². The molecule has 12 heavy (non-hydrogen) atoms. The second-order valence-corrected chi connectivity index (χ2v) is 2.53. The summed E-state index contributed by atoms with van der Waals surface area (Å²) >= 11 is 0. The Balaban J connectivity index is 2.14. The molecule has 0 N–H and O–H groups in total. The lowest BCUT2D eigenvalue weighted by molar-refractivity contribution is 0.620. The molecule has 5 heteroatoms. The highest BCUT2D eigenvalue weighted by Crippen LogP contribution is 1.94. The fourth-order valence-corrected chi connectivity index (χ4v) is 1.02. The van der Waals surface area contributed by atoms with Crippen molar-refractivity contribution in [2.45, 2.75) is 6.54 Å². The standard InChI is InChI=1S/C7H9N5/c1-11-9-5-7(10-11)6-12-4-2-3-8-12/h2-5H,6H2,1H3. The first-order valence-corrected chi connectivity index (χ1v) is 3.67. The van der Waals surface area contributed by atoms with E-state index in [0.29, 0.717) is 6.54 Å². The number of rotatable bonds is 2. The van der Waals surface area contributed by atoms with Crippen molar-refractivity contribution in [1.82, 2.24) is 24.8 Å². The fourth-order valence-electron chi connectivity index (χ4n) is 1.02. The third-order valence-electron chi connectivity index (χ3n) is 1.53. The van der Waals surface area contributed by atoms with Crippen molar-refractivity contribution in [3.05, 3.63) is 30.4 Å². The predicted molar refractivity (Wildman–Crippen MR) is 42.3 cm³/mol. The van der Waals surface area contributed by atoms with E-state index in [4.69, 9.17) is 0 Å². The first kappa shape index (κ1) is 7.02. The van der Waals surface area contributed by atoms with Gasteiger partial charge >= 0.3 is 0 Å². The number of hydrogen-bond donors (Lipinski definition) is 0. The van der Waals surface area contributed by atoms with Gasteiger partial charge in [-0.3, -0.25) is 4.68 Å². The quantitative estimate of drug-likeness (QED) is 0.629. The highest BCUT2D eigenvalue weighted by atomic mass is 15.5. The zero-order valence-corrected chi connectivity index (χ0v) is 6.75. The van der Waals surface area contributed by atoms with E-state index in [1.807, 2.05) is 16.9 Å². The van der Waals surface area contributed by atoms with Crippen molar-refractivity contribution in [2.75, 3.05) is 0 Å². The van der Waals surface area contributed by atoms with Crippen molar-refractivity contribution >= 4 is 0 Å². The average molecular weight is 163 g/mol. The summed E-state index contributed by atoms with van der Waals surface area (Å²) < 4.78 is 1.81. The van der Waals surface area contributed by atoms with E-state index in [1.165, 1.54) is 0 Å². The molecule has 2 aromatic heterocycles. The molecule has 0 radical (unpaired) electrons. The molecule has 62 valence electrons. The molecule has 0 fully saturated rings. The molecule has 0 aliphatic heterocycles. The summed E-state index contributed by atoms with van der Waals surface area (Å²) in [5.41, 5.74) is 0.918. The molecule has 0 spiro atoms. The van der Waals surface area contributed by atoms with Gasteiger partial charge in [-0.2, -0.15) is 20.1 Å². The Morgan fingerprint density at radius 2 is 2.33 bits per heavy atom. The molecular formula is C7H9N5. The molecular weight excluding hydrogens is 154 g/mol. The largest absolute Gasteiger partial charge is 0.267 e. The maximum atomic E-state index is 4.13. The van der Waals surface area contributed by atoms with E-state index < -0.39 is 0 Å². The highest BCUT2D eigenvalue weighted by molar-refractivity contribution is 4.92. The zero-order valence-electron chi connectivity index (χ0n) is 6.75. The Kier molecular flexibility index (Phi) is 1.62. The minimum Gasteiger partial charge on any atom is -0.267 e. The molecule has 0 saturated carbocycles. The van der Waals surface area contributed by atoms with Gasteiger partial charge in [0.05, 0.1) is 12.7 Å². The first-order chi connectivity index (χ1) is 5.84. The first-order valence-electron chi connectivity index (χ1n) is 3.67. The molecule has 0 bridgehead atoms. The summed E-state index contributed by atoms with van der Waals surface area (Å²) in [5.74, 6) is 0. The molecule has 0 saturated heterocycles. The summed E-state index contributed by atoms with van der Waals surface area (Å²) in [6, 6.07) is 1.89. The lowest BCUT2D eigenvalue weighted by Gasteiger charge is -1.94. The molecule has 2 heterocycles. The number of aryl methyl sites for hydroxylation is 1. The molecule has 0 aliphatic rings. The van der Waals surface area contributed by atoms with Crippen LogP contribution < -0.4 is 0 Å². The molecule has 0 amide bonds. The molecule has 0 aliphatic carbocycles. The van der Waals surface area contributed by atoms with Crippen molar-refractivity contribution in [1.29, 1.82) is 0 Å². The fraction of sp³-hybridized carbons (Fsp3) is 0.286. The second kappa shape index (κ2) is 2.77. The van der Waals surface area contributed by atoms with Crippen molar-refractivity contribution < 1.29 is 0 Å². The number of aromatic nitrogens is 5. The summed E-state index contributed by atoms with van der Waals surface area (Å²) in [6.07, 6.45) is 5.38. The smallest absolute Gasteiger partial charge is 0.104 e. The molecule has 0 atom stereocenters. The van der Waals surface area contributed by atoms with Crippen LogP contribution in [0.15, 0.2) is 24.7 Å². The van der Waals surface area contributed by atoms with E-state index in [9.17, 15) is 0 Å².